The Kier molecular flexibility index (Phi) is 5.97. The molecule has 1 heterocycles. The highest BCUT2D eigenvalue weighted by Gasteiger charge is 2.19. The smallest absolute Gasteiger partial charge is 0.279 e. The number of carbonyl (C=O) groups excluding carboxylic acids is 2. The van der Waals surface area contributed by atoms with Gasteiger partial charge in [0.15, 0.2) is 6.10 Å². The Morgan fingerprint density at radius 1 is 1.00 bits per heavy atom. The molecule has 0 fully saturated rings. The van der Waals surface area contributed by atoms with Crippen LogP contribution in [-0.2, 0) is 4.79 Å². The first kappa shape index (κ1) is 20.1. The number of hydrogen-bond acceptors (Lipinski definition) is 4. The SMILES string of the molecule is Cc1cccc(OC(C)C(=O)NNC(=O)c2cnn(-c3ccccc3)c2C)c1C. The van der Waals surface area contributed by atoms with Crippen LogP contribution in [0.4, 0.5) is 0 Å². The summed E-state index contributed by atoms with van der Waals surface area (Å²) in [6.45, 7) is 7.33. The zero-order chi connectivity index (χ0) is 21.0. The Hall–Kier alpha value is -3.61. The van der Waals surface area contributed by atoms with Crippen LogP contribution >= 0.6 is 0 Å². The Morgan fingerprint density at radius 3 is 2.45 bits per heavy atom. The number of benzene rings is 2. The van der Waals surface area contributed by atoms with Gasteiger partial charge in [-0.15, -0.1) is 0 Å². The number of para-hydroxylation sites is 1. The molecular formula is C22H24N4O3. The van der Waals surface area contributed by atoms with Gasteiger partial charge in [-0.25, -0.2) is 4.68 Å². The third-order valence-corrected chi connectivity index (χ3v) is 4.78. The highest BCUT2D eigenvalue weighted by Crippen LogP contribution is 2.21. The lowest BCUT2D eigenvalue weighted by atomic mass is 10.1. The van der Waals surface area contributed by atoms with E-state index in [0.717, 1.165) is 16.8 Å². The van der Waals surface area contributed by atoms with Crippen LogP contribution in [0.15, 0.2) is 54.7 Å². The number of amides is 2. The molecule has 7 nitrogen and oxygen atoms in total. The van der Waals surface area contributed by atoms with Gasteiger partial charge in [0.25, 0.3) is 11.8 Å². The first-order valence-corrected chi connectivity index (χ1v) is 9.31. The van der Waals surface area contributed by atoms with Gasteiger partial charge in [-0.1, -0.05) is 30.3 Å². The standard InChI is InChI=1S/C22H24N4O3/c1-14-9-8-12-20(15(14)2)29-17(4)21(27)24-25-22(28)19-13-23-26(16(19)3)18-10-6-5-7-11-18/h5-13,17H,1-4H3,(H,24,27)(H,25,28). The Bertz CT molecular complexity index is 1030. The fourth-order valence-electron chi connectivity index (χ4n) is 2.85. The van der Waals surface area contributed by atoms with Gasteiger partial charge in [0, 0.05) is 0 Å². The average molecular weight is 392 g/mol. The molecule has 3 rings (SSSR count). The van der Waals surface area contributed by atoms with Gasteiger partial charge in [0.1, 0.15) is 5.75 Å². The number of hydrogen-bond donors (Lipinski definition) is 2. The zero-order valence-electron chi connectivity index (χ0n) is 16.9. The molecule has 0 radical (unpaired) electrons. The first-order chi connectivity index (χ1) is 13.9. The van der Waals surface area contributed by atoms with Crippen LogP contribution in [0.3, 0.4) is 0 Å². The average Bonchev–Trinajstić information content (AvgIpc) is 3.11. The number of carbonyl (C=O) groups is 2. The van der Waals surface area contributed by atoms with Crippen LogP contribution in [0.1, 0.15) is 34.1 Å². The predicted molar refractivity (Wildman–Crippen MR) is 110 cm³/mol. The van der Waals surface area contributed by atoms with Crippen molar-refractivity contribution in [2.24, 2.45) is 0 Å². The van der Waals surface area contributed by atoms with Crippen molar-refractivity contribution < 1.29 is 14.3 Å². The zero-order valence-corrected chi connectivity index (χ0v) is 16.9. The largest absolute Gasteiger partial charge is 0.481 e. The maximum atomic E-state index is 12.5. The van der Waals surface area contributed by atoms with Gasteiger partial charge in [-0.2, -0.15) is 5.10 Å². The number of nitrogens with one attached hydrogen (secondary N) is 2. The maximum Gasteiger partial charge on any atom is 0.279 e. The Morgan fingerprint density at radius 2 is 1.72 bits per heavy atom. The minimum absolute atomic E-state index is 0.372. The molecule has 0 aliphatic carbocycles. The van der Waals surface area contributed by atoms with E-state index in [-0.39, 0.29) is 0 Å². The first-order valence-electron chi connectivity index (χ1n) is 9.31. The van der Waals surface area contributed by atoms with Crippen molar-refractivity contribution in [3.8, 4) is 11.4 Å². The molecule has 0 spiro atoms. The van der Waals surface area contributed by atoms with Crippen molar-refractivity contribution >= 4 is 11.8 Å². The van der Waals surface area contributed by atoms with Crippen LogP contribution in [0, 0.1) is 20.8 Å². The van der Waals surface area contributed by atoms with E-state index in [1.54, 1.807) is 18.5 Å². The summed E-state index contributed by atoms with van der Waals surface area (Å²) in [5.41, 5.74) is 8.78. The van der Waals surface area contributed by atoms with E-state index >= 15 is 0 Å². The lowest BCUT2D eigenvalue weighted by molar-refractivity contribution is -0.128. The summed E-state index contributed by atoms with van der Waals surface area (Å²) in [6, 6.07) is 15.2. The van der Waals surface area contributed by atoms with Gasteiger partial charge in [0.2, 0.25) is 0 Å². The van der Waals surface area contributed by atoms with Crippen molar-refractivity contribution in [1.82, 2.24) is 20.6 Å². The van der Waals surface area contributed by atoms with E-state index in [9.17, 15) is 9.59 Å². The summed E-state index contributed by atoms with van der Waals surface area (Å²) < 4.78 is 7.40. The molecule has 150 valence electrons. The quantitative estimate of drug-likeness (QED) is 0.654. The minimum Gasteiger partial charge on any atom is -0.481 e. The molecule has 2 amide bonds. The third kappa shape index (κ3) is 4.45. The van der Waals surface area contributed by atoms with Crippen molar-refractivity contribution in [2.45, 2.75) is 33.8 Å². The van der Waals surface area contributed by atoms with Gasteiger partial charge in [-0.05, 0) is 57.0 Å². The summed E-state index contributed by atoms with van der Waals surface area (Å²) in [4.78, 5) is 24.8. The Labute approximate surface area is 169 Å². The van der Waals surface area contributed by atoms with Gasteiger partial charge in [0.05, 0.1) is 23.1 Å². The molecule has 0 aliphatic heterocycles. The van der Waals surface area contributed by atoms with Crippen molar-refractivity contribution in [3.63, 3.8) is 0 Å². The molecule has 7 heteroatoms. The fraction of sp³-hybridized carbons (Fsp3) is 0.227. The van der Waals surface area contributed by atoms with E-state index < -0.39 is 17.9 Å². The minimum atomic E-state index is -0.774. The molecular weight excluding hydrogens is 368 g/mol. The van der Waals surface area contributed by atoms with Crippen LogP contribution in [-0.4, -0.2) is 27.7 Å². The highest BCUT2D eigenvalue weighted by molar-refractivity contribution is 5.96. The van der Waals surface area contributed by atoms with Crippen molar-refractivity contribution in [3.05, 3.63) is 77.1 Å². The van der Waals surface area contributed by atoms with Gasteiger partial charge >= 0.3 is 0 Å². The molecule has 29 heavy (non-hydrogen) atoms. The molecule has 2 aromatic carbocycles. The molecule has 0 aliphatic rings. The van der Waals surface area contributed by atoms with E-state index in [1.165, 1.54) is 6.20 Å². The summed E-state index contributed by atoms with van der Waals surface area (Å²) in [6.07, 6.45) is 0.698. The highest BCUT2D eigenvalue weighted by atomic mass is 16.5. The molecule has 0 saturated heterocycles. The van der Waals surface area contributed by atoms with Crippen LogP contribution in [0.5, 0.6) is 5.75 Å². The number of aryl methyl sites for hydroxylation is 1. The maximum absolute atomic E-state index is 12.5. The van der Waals surface area contributed by atoms with Crippen LogP contribution < -0.4 is 15.6 Å². The van der Waals surface area contributed by atoms with E-state index in [1.807, 2.05) is 62.4 Å². The second-order valence-electron chi connectivity index (χ2n) is 6.79. The van der Waals surface area contributed by atoms with E-state index in [2.05, 4.69) is 16.0 Å². The summed E-state index contributed by atoms with van der Waals surface area (Å²) in [5.74, 6) is -0.261. The Balaban J connectivity index is 1.61. The molecule has 1 aromatic heterocycles. The number of ether oxygens (including phenoxy) is 1. The monoisotopic (exact) mass is 392 g/mol. The number of nitrogens with zero attached hydrogens (tertiary/aromatic N) is 2. The van der Waals surface area contributed by atoms with Crippen LogP contribution in [0.2, 0.25) is 0 Å². The molecule has 0 bridgehead atoms. The number of hydrazine groups is 1. The van der Waals surface area contributed by atoms with Crippen LogP contribution in [0.25, 0.3) is 5.69 Å². The second-order valence-corrected chi connectivity index (χ2v) is 6.79. The summed E-state index contributed by atoms with van der Waals surface area (Å²) in [5, 5.41) is 4.26. The fourth-order valence-corrected chi connectivity index (χ4v) is 2.85. The van der Waals surface area contributed by atoms with E-state index in [4.69, 9.17) is 4.74 Å². The van der Waals surface area contributed by atoms with Crippen molar-refractivity contribution in [2.75, 3.05) is 0 Å². The summed E-state index contributed by atoms with van der Waals surface area (Å²) >= 11 is 0. The van der Waals surface area contributed by atoms with Gasteiger partial charge < -0.3 is 4.74 Å². The summed E-state index contributed by atoms with van der Waals surface area (Å²) in [7, 11) is 0. The normalized spacial score (nSPS) is 11.6. The molecule has 1 atom stereocenters. The lowest BCUT2D eigenvalue weighted by Crippen LogP contribution is -2.47. The number of aromatic nitrogens is 2. The molecule has 2 N–H and O–H groups in total. The molecule has 0 saturated carbocycles. The van der Waals surface area contributed by atoms with Crippen molar-refractivity contribution in [1.29, 1.82) is 0 Å². The van der Waals surface area contributed by atoms with E-state index in [0.29, 0.717) is 17.0 Å². The molecule has 1 unspecified atom stereocenters. The molecule has 3 aromatic rings. The second kappa shape index (κ2) is 8.60. The topological polar surface area (TPSA) is 85.2 Å². The predicted octanol–water partition coefficient (Wildman–Crippen LogP) is 3.03. The van der Waals surface area contributed by atoms with Gasteiger partial charge in [-0.3, -0.25) is 20.4 Å². The third-order valence-electron chi connectivity index (χ3n) is 4.78. The lowest BCUT2D eigenvalue weighted by Gasteiger charge is -2.17. The number of rotatable bonds is 5.